The smallest absolute Gasteiger partial charge is 0.168 e. The van der Waals surface area contributed by atoms with Crippen LogP contribution in [0.4, 0.5) is 0 Å². The van der Waals surface area contributed by atoms with Crippen LogP contribution in [-0.4, -0.2) is 14.6 Å². The van der Waals surface area contributed by atoms with Crippen molar-refractivity contribution < 1.29 is 0 Å². The molecule has 0 fully saturated rings. The van der Waals surface area contributed by atoms with E-state index in [0.29, 0.717) is 0 Å². The molecule has 3 rings (SSSR count). The summed E-state index contributed by atoms with van der Waals surface area (Å²) >= 11 is 3.45. The molecule has 78 valence electrons. The van der Waals surface area contributed by atoms with Crippen LogP contribution < -0.4 is 0 Å². The molecular weight excluding hydrogens is 266 g/mol. The number of benzene rings is 1. The van der Waals surface area contributed by atoms with Crippen molar-refractivity contribution in [2.45, 2.75) is 0 Å². The first-order valence-corrected chi connectivity index (χ1v) is 5.69. The van der Waals surface area contributed by atoms with Crippen LogP contribution in [0.2, 0.25) is 0 Å². The Bertz CT molecular complexity index is 631. The molecule has 0 radical (unpaired) electrons. The second-order valence-corrected chi connectivity index (χ2v) is 4.38. The maximum atomic E-state index is 4.20. The van der Waals surface area contributed by atoms with Crippen LogP contribution in [0.15, 0.2) is 53.1 Å². The number of hydrogen-bond acceptors (Lipinski definition) is 2. The molecule has 0 N–H and O–H groups in total. The summed E-state index contributed by atoms with van der Waals surface area (Å²) in [6.07, 6.45) is 1.97. The SMILES string of the molecule is Brc1ccc2nnc(-c3ccccc3)n2c1. The molecule has 0 unspecified atom stereocenters. The summed E-state index contributed by atoms with van der Waals surface area (Å²) in [5, 5.41) is 8.33. The highest BCUT2D eigenvalue weighted by atomic mass is 79.9. The minimum atomic E-state index is 0.849. The Morgan fingerprint density at radius 1 is 0.938 bits per heavy atom. The second kappa shape index (κ2) is 3.72. The van der Waals surface area contributed by atoms with Crippen LogP contribution in [0.1, 0.15) is 0 Å². The van der Waals surface area contributed by atoms with Gasteiger partial charge in [0.2, 0.25) is 0 Å². The maximum Gasteiger partial charge on any atom is 0.168 e. The number of rotatable bonds is 1. The van der Waals surface area contributed by atoms with Gasteiger partial charge in [0, 0.05) is 16.2 Å². The van der Waals surface area contributed by atoms with E-state index in [1.165, 1.54) is 0 Å². The molecule has 0 amide bonds. The lowest BCUT2D eigenvalue weighted by molar-refractivity contribution is 1.11. The molecule has 0 aliphatic carbocycles. The number of aromatic nitrogens is 3. The van der Waals surface area contributed by atoms with E-state index in [4.69, 9.17) is 0 Å². The Hall–Kier alpha value is -1.68. The van der Waals surface area contributed by atoms with E-state index in [1.807, 2.05) is 53.1 Å². The van der Waals surface area contributed by atoms with E-state index in [2.05, 4.69) is 26.1 Å². The van der Waals surface area contributed by atoms with Crippen LogP contribution >= 0.6 is 15.9 Å². The fourth-order valence-corrected chi connectivity index (χ4v) is 1.99. The van der Waals surface area contributed by atoms with Crippen LogP contribution in [-0.2, 0) is 0 Å². The van der Waals surface area contributed by atoms with Gasteiger partial charge in [0.1, 0.15) is 0 Å². The molecule has 0 saturated carbocycles. The third kappa shape index (κ3) is 1.51. The maximum absolute atomic E-state index is 4.20. The molecule has 2 aromatic heterocycles. The Labute approximate surface area is 101 Å². The van der Waals surface area contributed by atoms with Gasteiger partial charge in [0.05, 0.1) is 0 Å². The van der Waals surface area contributed by atoms with E-state index in [9.17, 15) is 0 Å². The van der Waals surface area contributed by atoms with Crippen molar-refractivity contribution in [3.63, 3.8) is 0 Å². The summed E-state index contributed by atoms with van der Waals surface area (Å²) in [4.78, 5) is 0. The number of halogens is 1. The minimum Gasteiger partial charge on any atom is -0.281 e. The van der Waals surface area contributed by atoms with E-state index in [-0.39, 0.29) is 0 Å². The summed E-state index contributed by atoms with van der Waals surface area (Å²) in [7, 11) is 0. The van der Waals surface area contributed by atoms with Crippen LogP contribution in [0.3, 0.4) is 0 Å². The zero-order valence-corrected chi connectivity index (χ0v) is 9.92. The first kappa shape index (κ1) is 9.54. The molecule has 1 aromatic carbocycles. The number of nitrogens with zero attached hydrogens (tertiary/aromatic N) is 3. The van der Waals surface area contributed by atoms with Gasteiger partial charge in [-0.05, 0) is 28.1 Å². The van der Waals surface area contributed by atoms with Gasteiger partial charge >= 0.3 is 0 Å². The minimum absolute atomic E-state index is 0.849. The number of fused-ring (bicyclic) bond motifs is 1. The lowest BCUT2D eigenvalue weighted by Crippen LogP contribution is -1.88. The summed E-state index contributed by atoms with van der Waals surface area (Å²) < 4.78 is 2.98. The quantitative estimate of drug-likeness (QED) is 0.682. The molecule has 3 nitrogen and oxygen atoms in total. The summed E-state index contributed by atoms with van der Waals surface area (Å²) in [5.74, 6) is 0.858. The lowest BCUT2D eigenvalue weighted by Gasteiger charge is -1.99. The Morgan fingerprint density at radius 3 is 2.56 bits per heavy atom. The van der Waals surface area contributed by atoms with Gasteiger partial charge in [-0.2, -0.15) is 0 Å². The van der Waals surface area contributed by atoms with E-state index >= 15 is 0 Å². The van der Waals surface area contributed by atoms with Crippen molar-refractivity contribution in [1.29, 1.82) is 0 Å². The molecule has 3 aromatic rings. The molecule has 16 heavy (non-hydrogen) atoms. The third-order valence-electron chi connectivity index (χ3n) is 2.40. The molecule has 0 aliphatic heterocycles. The largest absolute Gasteiger partial charge is 0.281 e. The normalized spacial score (nSPS) is 10.8. The average Bonchev–Trinajstić information content (AvgIpc) is 2.73. The zero-order valence-electron chi connectivity index (χ0n) is 8.34. The van der Waals surface area contributed by atoms with Crippen molar-refractivity contribution in [2.75, 3.05) is 0 Å². The van der Waals surface area contributed by atoms with Crippen LogP contribution in [0, 0.1) is 0 Å². The Morgan fingerprint density at radius 2 is 1.75 bits per heavy atom. The first-order chi connectivity index (χ1) is 7.84. The van der Waals surface area contributed by atoms with E-state index in [1.54, 1.807) is 0 Å². The highest BCUT2D eigenvalue weighted by Gasteiger charge is 2.06. The highest BCUT2D eigenvalue weighted by Crippen LogP contribution is 2.19. The summed E-state index contributed by atoms with van der Waals surface area (Å²) in [6, 6.07) is 13.9. The van der Waals surface area contributed by atoms with Crippen molar-refractivity contribution >= 4 is 21.6 Å². The molecule has 0 spiro atoms. The summed E-state index contributed by atoms with van der Waals surface area (Å²) in [5.41, 5.74) is 1.91. The van der Waals surface area contributed by atoms with Gasteiger partial charge in [0.25, 0.3) is 0 Å². The zero-order chi connectivity index (χ0) is 11.0. The standard InChI is InChI=1S/C12H8BrN3/c13-10-6-7-11-14-15-12(16(11)8-10)9-4-2-1-3-5-9/h1-8H. The van der Waals surface area contributed by atoms with E-state index in [0.717, 1.165) is 21.5 Å². The Kier molecular flexibility index (Phi) is 2.22. The molecule has 0 atom stereocenters. The van der Waals surface area contributed by atoms with Gasteiger partial charge < -0.3 is 0 Å². The van der Waals surface area contributed by atoms with Crippen molar-refractivity contribution in [1.82, 2.24) is 14.6 Å². The predicted molar refractivity (Wildman–Crippen MR) is 66.1 cm³/mol. The summed E-state index contributed by atoms with van der Waals surface area (Å²) in [6.45, 7) is 0. The number of hydrogen-bond donors (Lipinski definition) is 0. The molecule has 2 heterocycles. The topological polar surface area (TPSA) is 30.2 Å². The van der Waals surface area contributed by atoms with Gasteiger partial charge in [-0.1, -0.05) is 30.3 Å². The molecular formula is C12H8BrN3. The highest BCUT2D eigenvalue weighted by molar-refractivity contribution is 9.10. The fraction of sp³-hybridized carbons (Fsp3) is 0. The molecule has 0 saturated heterocycles. The molecule has 0 aliphatic rings. The van der Waals surface area contributed by atoms with Crippen molar-refractivity contribution in [3.8, 4) is 11.4 Å². The van der Waals surface area contributed by atoms with Crippen molar-refractivity contribution in [3.05, 3.63) is 53.1 Å². The van der Waals surface area contributed by atoms with Gasteiger partial charge in [-0.15, -0.1) is 10.2 Å². The Balaban J connectivity index is 2.29. The molecule has 0 bridgehead atoms. The average molecular weight is 274 g/mol. The van der Waals surface area contributed by atoms with Crippen LogP contribution in [0.5, 0.6) is 0 Å². The van der Waals surface area contributed by atoms with Crippen LogP contribution in [0.25, 0.3) is 17.0 Å². The fourth-order valence-electron chi connectivity index (χ4n) is 1.65. The molecule has 4 heteroatoms. The monoisotopic (exact) mass is 273 g/mol. The van der Waals surface area contributed by atoms with Gasteiger partial charge in [-0.25, -0.2) is 0 Å². The lowest BCUT2D eigenvalue weighted by atomic mass is 10.2. The van der Waals surface area contributed by atoms with E-state index < -0.39 is 0 Å². The van der Waals surface area contributed by atoms with Gasteiger partial charge in [0.15, 0.2) is 11.5 Å². The second-order valence-electron chi connectivity index (χ2n) is 3.47. The predicted octanol–water partition coefficient (Wildman–Crippen LogP) is 3.16. The van der Waals surface area contributed by atoms with Crippen molar-refractivity contribution in [2.24, 2.45) is 0 Å². The first-order valence-electron chi connectivity index (χ1n) is 4.90. The number of pyridine rings is 1. The van der Waals surface area contributed by atoms with Gasteiger partial charge in [-0.3, -0.25) is 4.40 Å². The third-order valence-corrected chi connectivity index (χ3v) is 2.87.